The first-order valence-electron chi connectivity index (χ1n) is 8.78. The zero-order chi connectivity index (χ0) is 19.9. The highest BCUT2D eigenvalue weighted by molar-refractivity contribution is 6.05. The van der Waals surface area contributed by atoms with Crippen molar-refractivity contribution in [3.63, 3.8) is 0 Å². The maximum atomic E-state index is 12.6. The van der Waals surface area contributed by atoms with Crippen molar-refractivity contribution in [1.29, 1.82) is 0 Å². The van der Waals surface area contributed by atoms with Crippen molar-refractivity contribution in [2.24, 2.45) is 5.73 Å². The van der Waals surface area contributed by atoms with Gasteiger partial charge in [0, 0.05) is 12.1 Å². The van der Waals surface area contributed by atoms with Crippen molar-refractivity contribution in [2.45, 2.75) is 13.5 Å². The van der Waals surface area contributed by atoms with Gasteiger partial charge < -0.3 is 21.1 Å². The number of hydrogen-bond donors (Lipinski definition) is 3. The molecule has 0 aliphatic carbocycles. The molecule has 0 fully saturated rings. The third-order valence-electron chi connectivity index (χ3n) is 4.07. The van der Waals surface area contributed by atoms with Crippen LogP contribution in [0.5, 0.6) is 11.5 Å². The minimum atomic E-state index is -0.591. The van der Waals surface area contributed by atoms with Gasteiger partial charge in [-0.3, -0.25) is 4.79 Å². The fourth-order valence-electron chi connectivity index (χ4n) is 2.55. The highest BCUT2D eigenvalue weighted by atomic mass is 16.5. The molecule has 6 heteroatoms. The number of amides is 3. The molecule has 3 aromatic rings. The molecule has 0 unspecified atom stereocenters. The molecule has 0 radical (unpaired) electrons. The topological polar surface area (TPSA) is 93.4 Å². The largest absolute Gasteiger partial charge is 0.455 e. The van der Waals surface area contributed by atoms with E-state index in [1.54, 1.807) is 36.4 Å². The highest BCUT2D eigenvalue weighted by Crippen LogP contribution is 2.29. The number of urea groups is 1. The van der Waals surface area contributed by atoms with Gasteiger partial charge in [0.25, 0.3) is 5.91 Å². The van der Waals surface area contributed by atoms with Gasteiger partial charge in [0.05, 0.1) is 5.69 Å². The number of nitrogens with one attached hydrogen (secondary N) is 2. The van der Waals surface area contributed by atoms with Gasteiger partial charge in [-0.15, -0.1) is 0 Å². The lowest BCUT2D eigenvalue weighted by molar-refractivity contribution is 0.102. The van der Waals surface area contributed by atoms with Gasteiger partial charge >= 0.3 is 6.03 Å². The average Bonchev–Trinajstić information content (AvgIpc) is 2.70. The number of carbonyl (C=O) groups is 2. The van der Waals surface area contributed by atoms with Gasteiger partial charge in [0.1, 0.15) is 5.75 Å². The molecule has 0 aliphatic rings. The van der Waals surface area contributed by atoms with E-state index in [1.807, 2.05) is 43.3 Å². The van der Waals surface area contributed by atoms with Crippen molar-refractivity contribution in [3.05, 3.63) is 89.5 Å². The van der Waals surface area contributed by atoms with Gasteiger partial charge in [-0.25, -0.2) is 4.79 Å². The molecule has 142 valence electrons. The van der Waals surface area contributed by atoms with Gasteiger partial charge in [-0.05, 0) is 48.9 Å². The maximum absolute atomic E-state index is 12.6. The number of nitrogens with two attached hydrogens (primary N) is 1. The van der Waals surface area contributed by atoms with Gasteiger partial charge in [0.2, 0.25) is 0 Å². The van der Waals surface area contributed by atoms with Crippen LogP contribution in [-0.2, 0) is 6.54 Å². The van der Waals surface area contributed by atoms with E-state index in [4.69, 9.17) is 10.5 Å². The van der Waals surface area contributed by atoms with Crippen molar-refractivity contribution in [1.82, 2.24) is 5.32 Å². The molecule has 0 bridgehead atoms. The van der Waals surface area contributed by atoms with Crippen molar-refractivity contribution < 1.29 is 14.3 Å². The van der Waals surface area contributed by atoms with Crippen LogP contribution in [0.15, 0.2) is 72.8 Å². The van der Waals surface area contributed by atoms with E-state index in [9.17, 15) is 9.59 Å². The Morgan fingerprint density at radius 1 is 0.929 bits per heavy atom. The van der Waals surface area contributed by atoms with Crippen LogP contribution in [0.1, 0.15) is 21.5 Å². The molecule has 6 nitrogen and oxygen atoms in total. The summed E-state index contributed by atoms with van der Waals surface area (Å²) < 4.78 is 5.91. The number of aryl methyl sites for hydroxylation is 1. The predicted molar refractivity (Wildman–Crippen MR) is 109 cm³/mol. The van der Waals surface area contributed by atoms with Crippen LogP contribution in [0.25, 0.3) is 0 Å². The first kappa shape index (κ1) is 19.0. The predicted octanol–water partition coefficient (Wildman–Crippen LogP) is 4.21. The number of benzene rings is 3. The Bertz CT molecular complexity index is 967. The Labute approximate surface area is 163 Å². The van der Waals surface area contributed by atoms with Gasteiger partial charge in [0.15, 0.2) is 5.75 Å². The van der Waals surface area contributed by atoms with Crippen LogP contribution in [0, 0.1) is 6.92 Å². The molecule has 3 rings (SSSR count). The lowest BCUT2D eigenvalue weighted by Gasteiger charge is -2.12. The first-order valence-corrected chi connectivity index (χ1v) is 8.78. The average molecular weight is 375 g/mol. The summed E-state index contributed by atoms with van der Waals surface area (Å²) in [6.07, 6.45) is 0. The Balaban J connectivity index is 1.70. The Kier molecular flexibility index (Phi) is 5.91. The molecule has 3 aromatic carbocycles. The maximum Gasteiger partial charge on any atom is 0.312 e. The number of para-hydroxylation sites is 2. The molecule has 0 heterocycles. The summed E-state index contributed by atoms with van der Waals surface area (Å²) in [6, 6.07) is 21.3. The molecule has 0 aromatic heterocycles. The second kappa shape index (κ2) is 8.73. The summed E-state index contributed by atoms with van der Waals surface area (Å²) in [7, 11) is 0. The van der Waals surface area contributed by atoms with Crippen LogP contribution in [-0.4, -0.2) is 11.9 Å². The zero-order valence-electron chi connectivity index (χ0n) is 15.4. The molecule has 0 aliphatic heterocycles. The van der Waals surface area contributed by atoms with Crippen LogP contribution < -0.4 is 21.1 Å². The number of anilines is 1. The lowest BCUT2D eigenvalue weighted by atomic mass is 10.1. The van der Waals surface area contributed by atoms with Gasteiger partial charge in [-0.2, -0.15) is 0 Å². The van der Waals surface area contributed by atoms with E-state index in [2.05, 4.69) is 10.6 Å². The highest BCUT2D eigenvalue weighted by Gasteiger charge is 2.10. The van der Waals surface area contributed by atoms with E-state index >= 15 is 0 Å². The van der Waals surface area contributed by atoms with E-state index in [0.29, 0.717) is 29.3 Å². The number of ether oxygens (including phenoxy) is 1. The van der Waals surface area contributed by atoms with Crippen molar-refractivity contribution in [3.8, 4) is 11.5 Å². The summed E-state index contributed by atoms with van der Waals surface area (Å²) in [5.74, 6) is 0.995. The fraction of sp³-hybridized carbons (Fsp3) is 0.0909. The molecule has 0 saturated heterocycles. The molecular formula is C22H21N3O3. The Morgan fingerprint density at radius 2 is 1.61 bits per heavy atom. The summed E-state index contributed by atoms with van der Waals surface area (Å²) in [4.78, 5) is 23.4. The third-order valence-corrected chi connectivity index (χ3v) is 4.07. The zero-order valence-corrected chi connectivity index (χ0v) is 15.4. The van der Waals surface area contributed by atoms with Crippen LogP contribution in [0.2, 0.25) is 0 Å². The molecular weight excluding hydrogens is 354 g/mol. The number of carbonyl (C=O) groups excluding carboxylic acids is 2. The van der Waals surface area contributed by atoms with Crippen LogP contribution in [0.4, 0.5) is 10.5 Å². The standard InChI is InChI=1S/C22H21N3O3/c1-15-6-12-18(13-7-15)28-20-5-3-2-4-19(20)25-21(26)17-10-8-16(9-11-17)14-24-22(23)27/h2-13H,14H2,1H3,(H,25,26)(H3,23,24,27). The fourth-order valence-corrected chi connectivity index (χ4v) is 2.55. The Hall–Kier alpha value is -3.80. The summed E-state index contributed by atoms with van der Waals surface area (Å²) in [6.45, 7) is 2.32. The molecule has 0 saturated carbocycles. The van der Waals surface area contributed by atoms with E-state index in [1.165, 1.54) is 0 Å². The minimum absolute atomic E-state index is 0.255. The molecule has 28 heavy (non-hydrogen) atoms. The third kappa shape index (κ3) is 5.11. The second-order valence-corrected chi connectivity index (χ2v) is 6.28. The smallest absolute Gasteiger partial charge is 0.312 e. The monoisotopic (exact) mass is 375 g/mol. The van der Waals surface area contributed by atoms with E-state index < -0.39 is 6.03 Å². The summed E-state index contributed by atoms with van der Waals surface area (Å²) >= 11 is 0. The molecule has 4 N–H and O–H groups in total. The van der Waals surface area contributed by atoms with Gasteiger partial charge in [-0.1, -0.05) is 42.0 Å². The van der Waals surface area contributed by atoms with E-state index in [-0.39, 0.29) is 5.91 Å². The summed E-state index contributed by atoms with van der Waals surface area (Å²) in [5.41, 5.74) is 8.11. The number of primary amides is 1. The molecule has 0 atom stereocenters. The minimum Gasteiger partial charge on any atom is -0.455 e. The lowest BCUT2D eigenvalue weighted by Crippen LogP contribution is -2.28. The van der Waals surface area contributed by atoms with Crippen LogP contribution >= 0.6 is 0 Å². The van der Waals surface area contributed by atoms with Crippen molar-refractivity contribution in [2.75, 3.05) is 5.32 Å². The van der Waals surface area contributed by atoms with Crippen molar-refractivity contribution >= 4 is 17.6 Å². The molecule has 3 amide bonds. The van der Waals surface area contributed by atoms with Crippen LogP contribution in [0.3, 0.4) is 0 Å². The van der Waals surface area contributed by atoms with E-state index in [0.717, 1.165) is 11.1 Å². The normalized spacial score (nSPS) is 10.2. The summed E-state index contributed by atoms with van der Waals surface area (Å²) in [5, 5.41) is 5.38. The number of hydrogen-bond acceptors (Lipinski definition) is 3. The SMILES string of the molecule is Cc1ccc(Oc2ccccc2NC(=O)c2ccc(CNC(N)=O)cc2)cc1. The molecule has 0 spiro atoms. The second-order valence-electron chi connectivity index (χ2n) is 6.28. The number of rotatable bonds is 6. The quantitative estimate of drug-likeness (QED) is 0.602. The Morgan fingerprint density at radius 3 is 2.29 bits per heavy atom. The first-order chi connectivity index (χ1) is 13.5.